The van der Waals surface area contributed by atoms with Crippen LogP contribution in [0.3, 0.4) is 0 Å². The maximum absolute atomic E-state index is 12.8. The minimum atomic E-state index is -3.98. The maximum atomic E-state index is 12.8. The molecule has 8 nitrogen and oxygen atoms in total. The average Bonchev–Trinajstić information content (AvgIpc) is 3.21. The van der Waals surface area contributed by atoms with Gasteiger partial charge in [0.05, 0.1) is 17.7 Å². The Morgan fingerprint density at radius 1 is 1.00 bits per heavy atom. The second kappa shape index (κ2) is 10.1. The number of hydrogen-bond acceptors (Lipinski definition) is 6. The van der Waals surface area contributed by atoms with Crippen molar-refractivity contribution in [3.63, 3.8) is 0 Å². The van der Waals surface area contributed by atoms with Gasteiger partial charge in [0.15, 0.2) is 0 Å². The number of para-hydroxylation sites is 2. The number of hydrazine groups is 1. The monoisotopic (exact) mass is 471 g/mol. The van der Waals surface area contributed by atoms with Gasteiger partial charge >= 0.3 is 0 Å². The van der Waals surface area contributed by atoms with E-state index in [9.17, 15) is 18.0 Å². The topological polar surface area (TPSA) is 114 Å². The lowest BCUT2D eigenvalue weighted by Crippen LogP contribution is -2.40. The van der Waals surface area contributed by atoms with Crippen molar-refractivity contribution in [2.45, 2.75) is 11.8 Å². The summed E-state index contributed by atoms with van der Waals surface area (Å²) in [5.74, 6) is -0.822. The van der Waals surface area contributed by atoms with E-state index < -0.39 is 21.8 Å². The number of rotatable bonds is 7. The van der Waals surface area contributed by atoms with Crippen molar-refractivity contribution in [1.82, 2.24) is 10.9 Å². The SMILES string of the molecule is COc1ccccc1NS(=O)(=O)c1cccc(C(=O)NNC(=O)C=Cc2ccc(C)s2)c1. The Bertz CT molecular complexity index is 1270. The van der Waals surface area contributed by atoms with Gasteiger partial charge in [0.2, 0.25) is 0 Å². The fourth-order valence-corrected chi connectivity index (χ4v) is 4.57. The van der Waals surface area contributed by atoms with E-state index in [4.69, 9.17) is 4.74 Å². The van der Waals surface area contributed by atoms with Gasteiger partial charge in [-0.05, 0) is 55.5 Å². The number of thiophene rings is 1. The molecule has 32 heavy (non-hydrogen) atoms. The summed E-state index contributed by atoms with van der Waals surface area (Å²) in [5.41, 5.74) is 4.86. The minimum Gasteiger partial charge on any atom is -0.495 e. The largest absolute Gasteiger partial charge is 0.495 e. The number of hydrogen-bond donors (Lipinski definition) is 3. The molecule has 1 heterocycles. The highest BCUT2D eigenvalue weighted by molar-refractivity contribution is 7.92. The number of carbonyl (C=O) groups is 2. The van der Waals surface area contributed by atoms with E-state index in [0.29, 0.717) is 5.75 Å². The normalized spacial score (nSPS) is 11.2. The first-order valence-corrected chi connectivity index (χ1v) is 11.7. The van der Waals surface area contributed by atoms with Crippen molar-refractivity contribution < 1.29 is 22.7 Å². The average molecular weight is 472 g/mol. The third-order valence-electron chi connectivity index (χ3n) is 4.22. The number of nitrogens with one attached hydrogen (secondary N) is 3. The van der Waals surface area contributed by atoms with Crippen LogP contribution < -0.4 is 20.3 Å². The highest BCUT2D eigenvalue weighted by Gasteiger charge is 2.18. The first-order chi connectivity index (χ1) is 15.3. The number of aryl methyl sites for hydroxylation is 1. The second-order valence-corrected chi connectivity index (χ2v) is 9.56. The first-order valence-electron chi connectivity index (χ1n) is 9.39. The number of ether oxygens (including phenoxy) is 1. The molecule has 0 aliphatic carbocycles. The molecule has 0 spiro atoms. The summed E-state index contributed by atoms with van der Waals surface area (Å²) >= 11 is 1.53. The molecule has 3 rings (SSSR count). The van der Waals surface area contributed by atoms with Gasteiger partial charge in [-0.3, -0.25) is 25.2 Å². The smallest absolute Gasteiger partial charge is 0.269 e. The van der Waals surface area contributed by atoms with Crippen LogP contribution in [0, 0.1) is 6.92 Å². The third-order valence-corrected chi connectivity index (χ3v) is 6.55. The van der Waals surface area contributed by atoms with Gasteiger partial charge in [-0.25, -0.2) is 8.42 Å². The molecule has 166 valence electrons. The lowest BCUT2D eigenvalue weighted by atomic mass is 10.2. The molecule has 0 radical (unpaired) electrons. The highest BCUT2D eigenvalue weighted by atomic mass is 32.2. The van der Waals surface area contributed by atoms with E-state index >= 15 is 0 Å². The molecule has 0 aliphatic heterocycles. The number of anilines is 1. The molecule has 0 aliphatic rings. The van der Waals surface area contributed by atoms with Crippen molar-refractivity contribution in [2.75, 3.05) is 11.8 Å². The summed E-state index contributed by atoms with van der Waals surface area (Å²) in [4.78, 5) is 26.2. The summed E-state index contributed by atoms with van der Waals surface area (Å²) in [7, 11) is -2.54. The number of methoxy groups -OCH3 is 1. The van der Waals surface area contributed by atoms with Crippen LogP contribution in [-0.4, -0.2) is 27.3 Å². The van der Waals surface area contributed by atoms with E-state index in [1.54, 1.807) is 30.3 Å². The van der Waals surface area contributed by atoms with Gasteiger partial charge in [0.25, 0.3) is 21.8 Å². The van der Waals surface area contributed by atoms with E-state index in [0.717, 1.165) is 9.75 Å². The van der Waals surface area contributed by atoms with Crippen molar-refractivity contribution in [3.8, 4) is 5.75 Å². The molecule has 1 aromatic heterocycles. The summed E-state index contributed by atoms with van der Waals surface area (Å²) in [6, 6.07) is 15.8. The van der Waals surface area contributed by atoms with Gasteiger partial charge in [-0.1, -0.05) is 18.2 Å². The van der Waals surface area contributed by atoms with Crippen LogP contribution in [0.2, 0.25) is 0 Å². The maximum Gasteiger partial charge on any atom is 0.269 e. The number of carbonyl (C=O) groups excluding carboxylic acids is 2. The van der Waals surface area contributed by atoms with Crippen molar-refractivity contribution in [1.29, 1.82) is 0 Å². The Labute approximate surface area is 190 Å². The highest BCUT2D eigenvalue weighted by Crippen LogP contribution is 2.26. The lowest BCUT2D eigenvalue weighted by Gasteiger charge is -2.12. The van der Waals surface area contributed by atoms with Crippen LogP contribution in [0.4, 0.5) is 5.69 Å². The zero-order valence-electron chi connectivity index (χ0n) is 17.3. The van der Waals surface area contributed by atoms with Crippen LogP contribution in [0.25, 0.3) is 6.08 Å². The molecule has 3 N–H and O–H groups in total. The van der Waals surface area contributed by atoms with E-state index in [1.165, 1.54) is 48.8 Å². The summed E-state index contributed by atoms with van der Waals surface area (Å²) in [6.07, 6.45) is 2.93. The standard InChI is InChI=1S/C22H21N3O5S2/c1-15-10-11-17(31-15)12-13-21(26)23-24-22(27)16-6-5-7-18(14-16)32(28,29)25-19-8-3-4-9-20(19)30-2/h3-14,25H,1-2H3,(H,23,26)(H,24,27). The lowest BCUT2D eigenvalue weighted by molar-refractivity contribution is -0.117. The molecule has 0 unspecified atom stereocenters. The van der Waals surface area contributed by atoms with Crippen molar-refractivity contribution in [2.24, 2.45) is 0 Å². The Morgan fingerprint density at radius 2 is 1.78 bits per heavy atom. The first kappa shape index (κ1) is 23.0. The Hall–Kier alpha value is -3.63. The Balaban J connectivity index is 1.66. The zero-order valence-corrected chi connectivity index (χ0v) is 18.9. The Morgan fingerprint density at radius 3 is 2.50 bits per heavy atom. The predicted octanol–water partition coefficient (Wildman–Crippen LogP) is 3.34. The van der Waals surface area contributed by atoms with Gasteiger partial charge in [-0.15, -0.1) is 11.3 Å². The van der Waals surface area contributed by atoms with Gasteiger partial charge < -0.3 is 4.74 Å². The fraction of sp³-hybridized carbons (Fsp3) is 0.0909. The Kier molecular flexibility index (Phi) is 7.29. The van der Waals surface area contributed by atoms with E-state index in [2.05, 4.69) is 15.6 Å². The third kappa shape index (κ3) is 5.96. The molecule has 2 amide bonds. The van der Waals surface area contributed by atoms with Gasteiger partial charge in [0.1, 0.15) is 5.75 Å². The molecular weight excluding hydrogens is 450 g/mol. The molecule has 10 heteroatoms. The van der Waals surface area contributed by atoms with Crippen LogP contribution in [0.5, 0.6) is 5.75 Å². The molecule has 0 saturated heterocycles. The van der Waals surface area contributed by atoms with Crippen molar-refractivity contribution in [3.05, 3.63) is 82.1 Å². The van der Waals surface area contributed by atoms with Crippen molar-refractivity contribution >= 4 is 44.9 Å². The van der Waals surface area contributed by atoms with Crippen LogP contribution in [-0.2, 0) is 14.8 Å². The fourth-order valence-electron chi connectivity index (χ4n) is 2.67. The summed E-state index contributed by atoms with van der Waals surface area (Å²) < 4.78 is 33.1. The van der Waals surface area contributed by atoms with Crippen LogP contribution in [0.15, 0.2) is 71.6 Å². The second-order valence-electron chi connectivity index (χ2n) is 6.56. The van der Waals surface area contributed by atoms with Gasteiger partial charge in [0, 0.05) is 21.4 Å². The molecule has 0 bridgehead atoms. The van der Waals surface area contributed by atoms with E-state index in [-0.39, 0.29) is 16.1 Å². The van der Waals surface area contributed by atoms with Gasteiger partial charge in [-0.2, -0.15) is 0 Å². The molecule has 2 aromatic carbocycles. The number of benzene rings is 2. The van der Waals surface area contributed by atoms with Crippen LogP contribution >= 0.6 is 11.3 Å². The summed E-state index contributed by atoms with van der Waals surface area (Å²) in [5, 5.41) is 0. The molecule has 0 atom stereocenters. The molecule has 3 aromatic rings. The van der Waals surface area contributed by atoms with E-state index in [1.807, 2.05) is 19.1 Å². The number of amides is 2. The summed E-state index contributed by atoms with van der Waals surface area (Å²) in [6.45, 7) is 1.96. The molecular formula is C22H21N3O5S2. The predicted molar refractivity (Wildman–Crippen MR) is 124 cm³/mol. The minimum absolute atomic E-state index is 0.0612. The van der Waals surface area contributed by atoms with Crippen LogP contribution in [0.1, 0.15) is 20.1 Å². The molecule has 0 saturated carbocycles. The quantitative estimate of drug-likeness (QED) is 0.361. The zero-order chi connectivity index (χ0) is 23.1. The number of sulfonamides is 1. The molecule has 0 fully saturated rings.